The van der Waals surface area contributed by atoms with E-state index in [2.05, 4.69) is 60.0 Å². The molecule has 2 saturated heterocycles. The minimum absolute atomic E-state index is 0.0653. The van der Waals surface area contributed by atoms with Gasteiger partial charge in [-0.1, -0.05) is 82.7 Å². The molecule has 3 N–H and O–H groups in total. The zero-order chi connectivity index (χ0) is 38.3. The summed E-state index contributed by atoms with van der Waals surface area (Å²) in [6, 6.07) is 0. The van der Waals surface area contributed by atoms with Crippen molar-refractivity contribution in [3.05, 3.63) is 12.3 Å². The van der Waals surface area contributed by atoms with Gasteiger partial charge in [0.15, 0.2) is 6.29 Å². The second-order valence-corrected chi connectivity index (χ2v) is 15.4. The maximum Gasteiger partial charge on any atom is 0.159 e. The number of nitrogens with zero attached hydrogens (tertiary/aromatic N) is 1. The highest BCUT2D eigenvalue weighted by molar-refractivity contribution is 5.89. The summed E-state index contributed by atoms with van der Waals surface area (Å²) in [5.74, 6) is 5.37. The normalized spacial score (nSPS) is 39.5. The molecular weight excluding hydrogens is 618 g/mol. The Labute approximate surface area is 301 Å². The molecule has 2 aliphatic rings. The maximum atomic E-state index is 11.8. The highest BCUT2D eigenvalue weighted by atomic mass is 16.7. The molecule has 2 rings (SSSR count). The minimum atomic E-state index is -1.02. The summed E-state index contributed by atoms with van der Waals surface area (Å²) in [5, 5.41) is 34.5. The predicted octanol–water partition coefficient (Wildman–Crippen LogP) is 8.21. The molecule has 0 aromatic carbocycles. The number of rotatable bonds is 7. The summed E-state index contributed by atoms with van der Waals surface area (Å²) in [5.41, 5.74) is -1.07. The maximum absolute atomic E-state index is 11.8. The van der Waals surface area contributed by atoms with Crippen LogP contribution in [0.4, 0.5) is 0 Å². The van der Waals surface area contributed by atoms with E-state index in [0.29, 0.717) is 44.6 Å². The van der Waals surface area contributed by atoms with E-state index in [0.717, 1.165) is 12.1 Å². The molecule has 0 amide bonds. The van der Waals surface area contributed by atoms with Crippen molar-refractivity contribution in [2.45, 2.75) is 178 Å². The van der Waals surface area contributed by atoms with E-state index in [-0.39, 0.29) is 47.4 Å². The largest absolute Gasteiger partial charge is 0.494 e. The van der Waals surface area contributed by atoms with Crippen molar-refractivity contribution in [1.29, 1.82) is 0 Å². The van der Waals surface area contributed by atoms with Crippen molar-refractivity contribution in [3.8, 4) is 11.8 Å². The van der Waals surface area contributed by atoms with Gasteiger partial charge in [-0.25, -0.2) is 0 Å². The monoisotopic (exact) mass is 696 g/mol. The summed E-state index contributed by atoms with van der Waals surface area (Å²) in [6.07, 6.45) is 0.233. The Morgan fingerprint density at radius 2 is 1.49 bits per heavy atom. The number of aliphatic hydroxyl groups is 3. The van der Waals surface area contributed by atoms with Gasteiger partial charge in [0, 0.05) is 41.9 Å². The Bertz CT molecular complexity index is 1040. The number of hydrogen-bond donors (Lipinski definition) is 3. The molecule has 0 aromatic heterocycles. The average molecular weight is 696 g/mol. The first-order valence-corrected chi connectivity index (χ1v) is 18.9. The third-order valence-corrected chi connectivity index (χ3v) is 10.9. The number of aliphatic imine (C=N–C) groups is 1. The summed E-state index contributed by atoms with van der Waals surface area (Å²) >= 11 is 0. The molecule has 0 aromatic rings. The van der Waals surface area contributed by atoms with Gasteiger partial charge in [-0.3, -0.25) is 4.99 Å². The molecule has 8 heteroatoms. The molecule has 288 valence electrons. The van der Waals surface area contributed by atoms with Gasteiger partial charge >= 0.3 is 0 Å². The highest BCUT2D eigenvalue weighted by Crippen LogP contribution is 2.43. The lowest BCUT2D eigenvalue weighted by Gasteiger charge is -2.47. The van der Waals surface area contributed by atoms with Crippen LogP contribution in [-0.4, -0.2) is 83.7 Å². The van der Waals surface area contributed by atoms with Crippen molar-refractivity contribution in [1.82, 2.24) is 0 Å². The molecule has 2 fully saturated rings. The summed E-state index contributed by atoms with van der Waals surface area (Å²) in [6.45, 7) is 35.4. The van der Waals surface area contributed by atoms with Crippen molar-refractivity contribution < 1.29 is 34.3 Å². The first-order valence-electron chi connectivity index (χ1n) is 18.9. The van der Waals surface area contributed by atoms with Crippen molar-refractivity contribution in [3.63, 3.8) is 0 Å². The lowest BCUT2D eigenvalue weighted by atomic mass is 9.70. The summed E-state index contributed by atoms with van der Waals surface area (Å²) in [7, 11) is 1.66. The van der Waals surface area contributed by atoms with E-state index in [1.54, 1.807) is 7.11 Å². The van der Waals surface area contributed by atoms with Gasteiger partial charge in [-0.15, -0.1) is 11.8 Å². The molecule has 0 saturated carbocycles. The lowest BCUT2D eigenvalue weighted by molar-refractivity contribution is -0.279. The fraction of sp³-hybridized carbons (Fsp3) is 0.878. The molecule has 49 heavy (non-hydrogen) atoms. The number of aliphatic hydroxyl groups excluding tert-OH is 2. The smallest absolute Gasteiger partial charge is 0.159 e. The quantitative estimate of drug-likeness (QED) is 0.182. The van der Waals surface area contributed by atoms with E-state index in [4.69, 9.17) is 23.9 Å². The van der Waals surface area contributed by atoms with Crippen LogP contribution in [0.5, 0.6) is 0 Å². The van der Waals surface area contributed by atoms with Gasteiger partial charge in [-0.05, 0) is 65.2 Å². The van der Waals surface area contributed by atoms with Gasteiger partial charge in [0.2, 0.25) is 0 Å². The first-order chi connectivity index (χ1) is 22.8. The van der Waals surface area contributed by atoms with Crippen LogP contribution in [0, 0.1) is 46.3 Å². The van der Waals surface area contributed by atoms with Gasteiger partial charge < -0.3 is 34.3 Å². The molecule has 8 nitrogen and oxygen atoms in total. The van der Waals surface area contributed by atoms with E-state index < -0.39 is 29.5 Å². The SMILES string of the molecule is C=C1O[C@H](CC)C(C)(C)C(O)C(C)C(=NCCOC)[C@H](C)C[C@@](C)(O)C[C@@H](C)[C@H](O[C@H]2C[C@@](C)(CC)[C@@H](O)C(C)O2)C1C.CC.CC#CC. The Kier molecular flexibility index (Phi) is 21.1. The topological polar surface area (TPSA) is 110 Å². The number of hydrogen-bond acceptors (Lipinski definition) is 8. The molecule has 4 unspecified atom stereocenters. The Morgan fingerprint density at radius 1 is 0.918 bits per heavy atom. The molecule has 0 bridgehead atoms. The van der Waals surface area contributed by atoms with Crippen LogP contribution in [0.1, 0.15) is 136 Å². The number of methoxy groups -OCH3 is 1. The molecule has 0 spiro atoms. The summed E-state index contributed by atoms with van der Waals surface area (Å²) in [4.78, 5) is 4.91. The average Bonchev–Trinajstić information content (AvgIpc) is 3.05. The fourth-order valence-electron chi connectivity index (χ4n) is 7.69. The van der Waals surface area contributed by atoms with Crippen LogP contribution in [0.2, 0.25) is 0 Å². The zero-order valence-corrected chi connectivity index (χ0v) is 34.4. The van der Waals surface area contributed by atoms with Crippen LogP contribution < -0.4 is 0 Å². The molecule has 2 heterocycles. The third-order valence-electron chi connectivity index (χ3n) is 10.9. The Morgan fingerprint density at radius 3 is 1.98 bits per heavy atom. The predicted molar refractivity (Wildman–Crippen MR) is 203 cm³/mol. The van der Waals surface area contributed by atoms with Crippen LogP contribution in [0.25, 0.3) is 0 Å². The lowest BCUT2D eigenvalue weighted by Crippen LogP contribution is -2.52. The van der Waals surface area contributed by atoms with Crippen LogP contribution in [0.15, 0.2) is 17.3 Å². The van der Waals surface area contributed by atoms with E-state index >= 15 is 0 Å². The van der Waals surface area contributed by atoms with Gasteiger partial charge in [0.25, 0.3) is 0 Å². The van der Waals surface area contributed by atoms with E-state index in [1.807, 2.05) is 62.3 Å². The summed E-state index contributed by atoms with van der Waals surface area (Å²) < 4.78 is 24.9. The van der Waals surface area contributed by atoms with E-state index in [1.165, 1.54) is 0 Å². The molecule has 12 atom stereocenters. The van der Waals surface area contributed by atoms with Crippen molar-refractivity contribution in [2.75, 3.05) is 20.3 Å². The molecule has 2 aliphatic heterocycles. The molecular formula is C41H77NO7. The molecule has 0 aliphatic carbocycles. The fourth-order valence-corrected chi connectivity index (χ4v) is 7.69. The van der Waals surface area contributed by atoms with Crippen molar-refractivity contribution in [2.24, 2.45) is 39.5 Å². The second-order valence-electron chi connectivity index (χ2n) is 15.4. The minimum Gasteiger partial charge on any atom is -0.494 e. The van der Waals surface area contributed by atoms with Gasteiger partial charge in [0.1, 0.15) is 6.10 Å². The second kappa shape index (κ2) is 21.8. The molecule has 0 radical (unpaired) electrons. The van der Waals surface area contributed by atoms with Crippen LogP contribution in [0.3, 0.4) is 0 Å². The van der Waals surface area contributed by atoms with Crippen LogP contribution >= 0.6 is 0 Å². The van der Waals surface area contributed by atoms with Gasteiger partial charge in [0.05, 0.1) is 48.9 Å². The van der Waals surface area contributed by atoms with Crippen LogP contribution in [-0.2, 0) is 18.9 Å². The van der Waals surface area contributed by atoms with E-state index in [9.17, 15) is 15.3 Å². The third kappa shape index (κ3) is 13.5. The standard InChI is InChI=1S/C35H65NO7.C4H6.C2H6/c1-14-27-33(9,10)31(37)24(6)29(36-16-17-40-13)21(3)18-35(12,39)19-22(4)30(23(5)25(7)41-27)43-28-20-34(11,15-2)32(38)26(8)42-28;1-3-4-2;1-2/h21-24,26-28,30-32,37-39H,7,14-20H2,1-6,8-13H3;1-2H3;1-2H3/t21-,22-,23?,24?,26?,27-,28+,30+,31?,32+,34-,35-;;/m1../s1. The Hall–Kier alpha value is -1.47. The zero-order valence-electron chi connectivity index (χ0n) is 34.4. The highest BCUT2D eigenvalue weighted by Gasteiger charge is 2.47. The van der Waals surface area contributed by atoms with Crippen molar-refractivity contribution >= 4 is 5.71 Å². The first kappa shape index (κ1) is 47.5. The van der Waals surface area contributed by atoms with Gasteiger partial charge in [-0.2, -0.15) is 0 Å². The Balaban J connectivity index is 0.00000356. The number of ether oxygens (including phenoxy) is 4.